The number of nitrogens with one attached hydrogen (secondary N) is 1. The number of guanidine groups is 1. The van der Waals surface area contributed by atoms with Crippen molar-refractivity contribution in [1.82, 2.24) is 4.90 Å². The Bertz CT molecular complexity index is 884. The van der Waals surface area contributed by atoms with Gasteiger partial charge in [0.25, 0.3) is 0 Å². The maximum absolute atomic E-state index is 6.06. The van der Waals surface area contributed by atoms with Crippen molar-refractivity contribution in [3.63, 3.8) is 0 Å². The molecule has 0 spiro atoms. The van der Waals surface area contributed by atoms with Crippen LogP contribution in [0.2, 0.25) is 0 Å². The Morgan fingerprint density at radius 1 is 1.12 bits per heavy atom. The van der Waals surface area contributed by atoms with Crippen molar-refractivity contribution in [1.29, 1.82) is 0 Å². The first-order valence-corrected chi connectivity index (χ1v) is 10.9. The summed E-state index contributed by atoms with van der Waals surface area (Å²) in [4.78, 5) is 6.79. The summed E-state index contributed by atoms with van der Waals surface area (Å²) in [6.07, 6.45) is 2.17. The van der Waals surface area contributed by atoms with Crippen LogP contribution in [0.25, 0.3) is 0 Å². The third kappa shape index (κ3) is 7.03. The zero-order valence-electron chi connectivity index (χ0n) is 19.2. The lowest BCUT2D eigenvalue weighted by Gasteiger charge is -2.31. The van der Waals surface area contributed by atoms with Crippen molar-refractivity contribution in [2.45, 2.75) is 25.4 Å². The van der Waals surface area contributed by atoms with Gasteiger partial charge in [-0.2, -0.15) is 0 Å². The van der Waals surface area contributed by atoms with Crippen LogP contribution in [-0.4, -0.2) is 64.5 Å². The molecule has 2 aromatic carbocycles. The molecule has 174 valence electrons. The third-order valence-corrected chi connectivity index (χ3v) is 5.51. The molecule has 0 aromatic heterocycles. The van der Waals surface area contributed by atoms with Crippen molar-refractivity contribution in [3.8, 4) is 17.2 Å². The standard InChI is InChI=1S/C24H34N4O4/c1-28(20-9-12-31-13-10-20)11-14-32-21-6-4-5-18(15-21)17-26-24(25)27-19-7-8-22(29-2)23(16-19)30-3/h4-8,15-16,20H,9-14,17H2,1-3H3,(H3,25,26,27). The van der Waals surface area contributed by atoms with Gasteiger partial charge >= 0.3 is 0 Å². The Labute approximate surface area is 190 Å². The monoisotopic (exact) mass is 442 g/mol. The highest BCUT2D eigenvalue weighted by molar-refractivity contribution is 5.92. The Hall–Kier alpha value is -2.97. The van der Waals surface area contributed by atoms with Crippen LogP contribution < -0.4 is 25.3 Å². The molecule has 0 saturated carbocycles. The molecule has 1 aliphatic heterocycles. The van der Waals surface area contributed by atoms with E-state index in [4.69, 9.17) is 24.7 Å². The average Bonchev–Trinajstić information content (AvgIpc) is 2.83. The van der Waals surface area contributed by atoms with Gasteiger partial charge in [-0.25, -0.2) is 4.99 Å². The number of anilines is 1. The molecular weight excluding hydrogens is 408 g/mol. The molecule has 0 aliphatic carbocycles. The number of ether oxygens (including phenoxy) is 4. The summed E-state index contributed by atoms with van der Waals surface area (Å²) in [5, 5.41) is 3.08. The molecule has 3 N–H and O–H groups in total. The Morgan fingerprint density at radius 3 is 2.66 bits per heavy atom. The van der Waals surface area contributed by atoms with Crippen LogP contribution in [-0.2, 0) is 11.3 Å². The average molecular weight is 443 g/mol. The second-order valence-corrected chi connectivity index (χ2v) is 7.72. The summed E-state index contributed by atoms with van der Waals surface area (Å²) in [6.45, 7) is 3.68. The molecule has 0 radical (unpaired) electrons. The first-order valence-electron chi connectivity index (χ1n) is 10.9. The topological polar surface area (TPSA) is 90.6 Å². The van der Waals surface area contributed by atoms with Gasteiger partial charge in [-0.05, 0) is 49.7 Å². The van der Waals surface area contributed by atoms with Gasteiger partial charge in [0, 0.05) is 37.6 Å². The largest absolute Gasteiger partial charge is 0.493 e. The first kappa shape index (κ1) is 23.7. The SMILES string of the molecule is COc1ccc(NC(N)=NCc2cccc(OCCN(C)C3CCOCC3)c2)cc1OC. The second-order valence-electron chi connectivity index (χ2n) is 7.72. The number of likely N-dealkylation sites (N-methyl/N-ethyl adjacent to an activating group) is 1. The molecule has 3 rings (SSSR count). The van der Waals surface area contributed by atoms with Crippen molar-refractivity contribution < 1.29 is 18.9 Å². The van der Waals surface area contributed by atoms with E-state index in [1.165, 1.54) is 0 Å². The highest BCUT2D eigenvalue weighted by atomic mass is 16.5. The summed E-state index contributed by atoms with van der Waals surface area (Å²) >= 11 is 0. The van der Waals surface area contributed by atoms with Gasteiger partial charge < -0.3 is 30.0 Å². The lowest BCUT2D eigenvalue weighted by Crippen LogP contribution is -2.38. The van der Waals surface area contributed by atoms with E-state index < -0.39 is 0 Å². The molecule has 1 heterocycles. The summed E-state index contributed by atoms with van der Waals surface area (Å²) in [6, 6.07) is 14.0. The van der Waals surface area contributed by atoms with E-state index >= 15 is 0 Å². The van der Waals surface area contributed by atoms with Crippen LogP contribution in [0.4, 0.5) is 5.69 Å². The molecule has 8 heteroatoms. The molecule has 32 heavy (non-hydrogen) atoms. The van der Waals surface area contributed by atoms with Gasteiger partial charge in [-0.1, -0.05) is 12.1 Å². The van der Waals surface area contributed by atoms with E-state index in [0.717, 1.165) is 49.6 Å². The van der Waals surface area contributed by atoms with Crippen LogP contribution in [0.15, 0.2) is 47.5 Å². The van der Waals surface area contributed by atoms with Crippen molar-refractivity contribution in [3.05, 3.63) is 48.0 Å². The molecular formula is C24H34N4O4. The number of nitrogens with two attached hydrogens (primary N) is 1. The van der Waals surface area contributed by atoms with E-state index in [1.807, 2.05) is 42.5 Å². The number of hydrogen-bond acceptors (Lipinski definition) is 6. The van der Waals surface area contributed by atoms with E-state index in [9.17, 15) is 0 Å². The van der Waals surface area contributed by atoms with Gasteiger partial charge in [0.2, 0.25) is 0 Å². The second kappa shape index (κ2) is 12.2. The Kier molecular flexibility index (Phi) is 9.01. The predicted octanol–water partition coefficient (Wildman–Crippen LogP) is 3.12. The van der Waals surface area contributed by atoms with Crippen LogP contribution in [0.3, 0.4) is 0 Å². The maximum atomic E-state index is 6.06. The van der Waals surface area contributed by atoms with Crippen molar-refractivity contribution >= 4 is 11.6 Å². The third-order valence-electron chi connectivity index (χ3n) is 5.51. The zero-order chi connectivity index (χ0) is 22.8. The molecule has 1 fully saturated rings. The van der Waals surface area contributed by atoms with E-state index in [-0.39, 0.29) is 0 Å². The van der Waals surface area contributed by atoms with Crippen molar-refractivity contribution in [2.24, 2.45) is 10.7 Å². The van der Waals surface area contributed by atoms with E-state index in [2.05, 4.69) is 22.3 Å². The summed E-state index contributed by atoms with van der Waals surface area (Å²) < 4.78 is 22.0. The predicted molar refractivity (Wildman–Crippen MR) is 127 cm³/mol. The highest BCUT2D eigenvalue weighted by Crippen LogP contribution is 2.29. The number of nitrogens with zero attached hydrogens (tertiary/aromatic N) is 2. The van der Waals surface area contributed by atoms with Gasteiger partial charge in [-0.3, -0.25) is 4.90 Å². The highest BCUT2D eigenvalue weighted by Gasteiger charge is 2.18. The number of aliphatic imine (C=N–C) groups is 1. The Morgan fingerprint density at radius 2 is 1.91 bits per heavy atom. The fourth-order valence-electron chi connectivity index (χ4n) is 3.63. The lowest BCUT2D eigenvalue weighted by molar-refractivity contribution is 0.0392. The molecule has 0 amide bonds. The van der Waals surface area contributed by atoms with Gasteiger partial charge in [0.15, 0.2) is 17.5 Å². The normalized spacial score (nSPS) is 14.9. The summed E-state index contributed by atoms with van der Waals surface area (Å²) in [5.41, 5.74) is 7.86. The van der Waals surface area contributed by atoms with Gasteiger partial charge in [-0.15, -0.1) is 0 Å². The quantitative estimate of drug-likeness (QED) is 0.432. The lowest BCUT2D eigenvalue weighted by atomic mass is 10.1. The van der Waals surface area contributed by atoms with Crippen LogP contribution in [0.1, 0.15) is 18.4 Å². The van der Waals surface area contributed by atoms with E-state index in [1.54, 1.807) is 14.2 Å². The van der Waals surface area contributed by atoms with Gasteiger partial charge in [0.05, 0.1) is 20.8 Å². The first-order chi connectivity index (χ1) is 15.6. The number of benzene rings is 2. The smallest absolute Gasteiger partial charge is 0.193 e. The molecule has 0 bridgehead atoms. The molecule has 1 saturated heterocycles. The summed E-state index contributed by atoms with van der Waals surface area (Å²) in [7, 11) is 5.35. The maximum Gasteiger partial charge on any atom is 0.193 e. The van der Waals surface area contributed by atoms with Gasteiger partial charge in [0.1, 0.15) is 12.4 Å². The fourth-order valence-corrected chi connectivity index (χ4v) is 3.63. The zero-order valence-corrected chi connectivity index (χ0v) is 19.2. The minimum absolute atomic E-state index is 0.321. The van der Waals surface area contributed by atoms with Crippen LogP contribution >= 0.6 is 0 Å². The molecule has 0 unspecified atom stereocenters. The molecule has 8 nitrogen and oxygen atoms in total. The fraction of sp³-hybridized carbons (Fsp3) is 0.458. The van der Waals surface area contributed by atoms with Crippen LogP contribution in [0.5, 0.6) is 17.2 Å². The summed E-state index contributed by atoms with van der Waals surface area (Å²) in [5.74, 6) is 2.44. The Balaban J connectivity index is 1.48. The number of hydrogen-bond donors (Lipinski definition) is 2. The molecule has 0 atom stereocenters. The minimum Gasteiger partial charge on any atom is -0.493 e. The minimum atomic E-state index is 0.321. The number of methoxy groups -OCH3 is 2. The van der Waals surface area contributed by atoms with Crippen LogP contribution in [0, 0.1) is 0 Å². The number of rotatable bonds is 10. The van der Waals surface area contributed by atoms with Crippen molar-refractivity contribution in [2.75, 3.05) is 52.9 Å². The molecule has 1 aliphatic rings. The van der Waals surface area contributed by atoms with E-state index in [0.29, 0.717) is 36.7 Å². The molecule has 2 aromatic rings.